The fourth-order valence-corrected chi connectivity index (χ4v) is 2.87. The molecule has 1 aliphatic rings. The van der Waals surface area contributed by atoms with Gasteiger partial charge in [-0.2, -0.15) is 0 Å². The zero-order valence-electron chi connectivity index (χ0n) is 15.2. The molecule has 1 fully saturated rings. The van der Waals surface area contributed by atoms with Crippen molar-refractivity contribution >= 4 is 36.4 Å². The second-order valence-corrected chi connectivity index (χ2v) is 6.63. The summed E-state index contributed by atoms with van der Waals surface area (Å²) in [7, 11) is 0. The van der Waals surface area contributed by atoms with E-state index in [0.29, 0.717) is 6.61 Å². The van der Waals surface area contributed by atoms with Crippen molar-refractivity contribution in [3.05, 3.63) is 64.7 Å². The largest absolute Gasteiger partial charge is 0.489 e. The van der Waals surface area contributed by atoms with Crippen LogP contribution in [0.1, 0.15) is 11.1 Å². The van der Waals surface area contributed by atoms with E-state index < -0.39 is 0 Å². The first-order valence-corrected chi connectivity index (χ1v) is 9.14. The average Bonchev–Trinajstić information content (AvgIpc) is 2.67. The highest BCUT2D eigenvalue weighted by atomic mass is 35.5. The van der Waals surface area contributed by atoms with Crippen LogP contribution in [0.3, 0.4) is 0 Å². The molecule has 1 saturated heterocycles. The molecule has 3 rings (SSSR count). The lowest BCUT2D eigenvalue weighted by atomic mass is 10.2. The van der Waals surface area contributed by atoms with Gasteiger partial charge in [-0.3, -0.25) is 4.90 Å². The summed E-state index contributed by atoms with van der Waals surface area (Å²) in [5, 5.41) is 4.24. The summed E-state index contributed by atoms with van der Waals surface area (Å²) in [4.78, 5) is 2.43. The van der Waals surface area contributed by atoms with E-state index in [-0.39, 0.29) is 24.8 Å². The van der Waals surface area contributed by atoms with E-state index in [1.165, 1.54) is 5.56 Å². The summed E-state index contributed by atoms with van der Waals surface area (Å²) in [6, 6.07) is 16.0. The number of morpholine rings is 1. The standard InChI is InChI=1S/C20H25ClN2O2.2ClH/c21-19-5-1-18(2-6-19)16-25-20-7-3-17(4-8-20)15-22-9-10-23-11-13-24-14-12-23;;/h1-8,22H,9-16H2;2*1H. The predicted octanol–water partition coefficient (Wildman–Crippen LogP) is 4.18. The van der Waals surface area contributed by atoms with E-state index >= 15 is 0 Å². The van der Waals surface area contributed by atoms with Gasteiger partial charge in [0.25, 0.3) is 0 Å². The van der Waals surface area contributed by atoms with Crippen molar-refractivity contribution in [1.82, 2.24) is 10.2 Å². The van der Waals surface area contributed by atoms with Crippen LogP contribution in [0.2, 0.25) is 5.02 Å². The summed E-state index contributed by atoms with van der Waals surface area (Å²) in [6.45, 7) is 7.30. The lowest BCUT2D eigenvalue weighted by Gasteiger charge is -2.26. The Balaban J connectivity index is 0.00000182. The molecule has 0 spiro atoms. The molecule has 0 bridgehead atoms. The first-order valence-electron chi connectivity index (χ1n) is 8.76. The van der Waals surface area contributed by atoms with Gasteiger partial charge in [0.1, 0.15) is 12.4 Å². The summed E-state index contributed by atoms with van der Waals surface area (Å²) in [5.74, 6) is 0.881. The monoisotopic (exact) mass is 432 g/mol. The second-order valence-electron chi connectivity index (χ2n) is 6.19. The summed E-state index contributed by atoms with van der Waals surface area (Å²) >= 11 is 5.89. The van der Waals surface area contributed by atoms with Crippen molar-refractivity contribution in [2.75, 3.05) is 39.4 Å². The first-order chi connectivity index (χ1) is 12.3. The Kier molecular flexibility index (Phi) is 11.8. The quantitative estimate of drug-likeness (QED) is 0.633. The van der Waals surface area contributed by atoms with Crippen molar-refractivity contribution < 1.29 is 9.47 Å². The normalized spacial score (nSPS) is 14.1. The van der Waals surface area contributed by atoms with Crippen molar-refractivity contribution in [3.8, 4) is 5.75 Å². The molecule has 4 nitrogen and oxygen atoms in total. The minimum absolute atomic E-state index is 0. The number of nitrogens with zero attached hydrogens (tertiary/aromatic N) is 1. The number of nitrogens with one attached hydrogen (secondary N) is 1. The van der Waals surface area contributed by atoms with Gasteiger partial charge in [-0.1, -0.05) is 35.9 Å². The van der Waals surface area contributed by atoms with Gasteiger partial charge in [0, 0.05) is 37.7 Å². The van der Waals surface area contributed by atoms with Gasteiger partial charge in [0.15, 0.2) is 0 Å². The summed E-state index contributed by atoms with van der Waals surface area (Å²) in [6.07, 6.45) is 0. The molecular weight excluding hydrogens is 407 g/mol. The van der Waals surface area contributed by atoms with Gasteiger partial charge in [-0.15, -0.1) is 24.8 Å². The Morgan fingerprint density at radius 3 is 2.22 bits per heavy atom. The molecular formula is C20H27Cl3N2O2. The summed E-state index contributed by atoms with van der Waals surface area (Å²) in [5.41, 5.74) is 2.37. The fraction of sp³-hybridized carbons (Fsp3) is 0.400. The number of halogens is 3. The number of ether oxygens (including phenoxy) is 2. The third-order valence-electron chi connectivity index (χ3n) is 4.28. The number of benzene rings is 2. The molecule has 2 aromatic rings. The Labute approximate surface area is 179 Å². The highest BCUT2D eigenvalue weighted by Gasteiger charge is 2.08. The molecule has 0 amide bonds. The Morgan fingerprint density at radius 1 is 0.926 bits per heavy atom. The molecule has 0 radical (unpaired) electrons. The van der Waals surface area contributed by atoms with E-state index in [2.05, 4.69) is 22.3 Å². The van der Waals surface area contributed by atoms with Crippen LogP contribution >= 0.6 is 36.4 Å². The number of hydrogen-bond acceptors (Lipinski definition) is 4. The third kappa shape index (κ3) is 8.69. The molecule has 7 heteroatoms. The highest BCUT2D eigenvalue weighted by molar-refractivity contribution is 6.30. The van der Waals surface area contributed by atoms with Gasteiger partial charge < -0.3 is 14.8 Å². The van der Waals surface area contributed by atoms with E-state index in [1.807, 2.05) is 36.4 Å². The van der Waals surface area contributed by atoms with Crippen LogP contribution < -0.4 is 10.1 Å². The molecule has 0 unspecified atom stereocenters. The first kappa shape index (κ1) is 24.0. The van der Waals surface area contributed by atoms with Crippen LogP contribution in [0.5, 0.6) is 5.75 Å². The molecule has 0 aromatic heterocycles. The predicted molar refractivity (Wildman–Crippen MR) is 116 cm³/mol. The molecule has 2 aromatic carbocycles. The fourth-order valence-electron chi connectivity index (χ4n) is 2.75. The average molecular weight is 434 g/mol. The maximum absolute atomic E-state index is 5.89. The van der Waals surface area contributed by atoms with Gasteiger partial charge in [-0.25, -0.2) is 0 Å². The van der Waals surface area contributed by atoms with Crippen LogP contribution in [0.25, 0.3) is 0 Å². The SMILES string of the molecule is Cl.Cl.Clc1ccc(COc2ccc(CNCCN3CCOCC3)cc2)cc1. The maximum Gasteiger partial charge on any atom is 0.119 e. The van der Waals surface area contributed by atoms with Gasteiger partial charge >= 0.3 is 0 Å². The zero-order chi connectivity index (χ0) is 17.3. The Bertz CT molecular complexity index is 633. The van der Waals surface area contributed by atoms with Crippen LogP contribution in [0.15, 0.2) is 48.5 Å². The molecule has 0 saturated carbocycles. The van der Waals surface area contributed by atoms with E-state index in [1.54, 1.807) is 0 Å². The smallest absolute Gasteiger partial charge is 0.119 e. The molecule has 1 N–H and O–H groups in total. The molecule has 0 atom stereocenters. The van der Waals surface area contributed by atoms with Crippen LogP contribution in [-0.4, -0.2) is 44.3 Å². The minimum atomic E-state index is 0. The van der Waals surface area contributed by atoms with Crippen LogP contribution in [0, 0.1) is 0 Å². The summed E-state index contributed by atoms with van der Waals surface area (Å²) < 4.78 is 11.2. The number of hydrogen-bond donors (Lipinski definition) is 1. The van der Waals surface area contributed by atoms with Crippen molar-refractivity contribution in [1.29, 1.82) is 0 Å². The molecule has 0 aliphatic carbocycles. The third-order valence-corrected chi connectivity index (χ3v) is 4.53. The Morgan fingerprint density at radius 2 is 1.56 bits per heavy atom. The van der Waals surface area contributed by atoms with Gasteiger partial charge in [-0.05, 0) is 35.4 Å². The van der Waals surface area contributed by atoms with Gasteiger partial charge in [0.05, 0.1) is 13.2 Å². The Hall–Kier alpha value is -1.01. The lowest BCUT2D eigenvalue weighted by molar-refractivity contribution is 0.0384. The molecule has 27 heavy (non-hydrogen) atoms. The second kappa shape index (κ2) is 13.2. The molecule has 1 aliphatic heterocycles. The van der Waals surface area contributed by atoms with Gasteiger partial charge in [0.2, 0.25) is 0 Å². The van der Waals surface area contributed by atoms with E-state index in [0.717, 1.165) is 62.3 Å². The van der Waals surface area contributed by atoms with Crippen LogP contribution in [0.4, 0.5) is 0 Å². The zero-order valence-corrected chi connectivity index (χ0v) is 17.6. The van der Waals surface area contributed by atoms with Crippen LogP contribution in [-0.2, 0) is 17.9 Å². The number of rotatable bonds is 8. The molecule has 1 heterocycles. The van der Waals surface area contributed by atoms with Crippen molar-refractivity contribution in [3.63, 3.8) is 0 Å². The maximum atomic E-state index is 5.89. The van der Waals surface area contributed by atoms with E-state index in [4.69, 9.17) is 21.1 Å². The lowest BCUT2D eigenvalue weighted by Crippen LogP contribution is -2.40. The highest BCUT2D eigenvalue weighted by Crippen LogP contribution is 2.15. The van der Waals surface area contributed by atoms with Crippen molar-refractivity contribution in [2.24, 2.45) is 0 Å². The van der Waals surface area contributed by atoms with E-state index in [9.17, 15) is 0 Å². The minimum Gasteiger partial charge on any atom is -0.489 e. The molecule has 150 valence electrons. The topological polar surface area (TPSA) is 33.7 Å². The van der Waals surface area contributed by atoms with Crippen molar-refractivity contribution in [2.45, 2.75) is 13.2 Å².